The Hall–Kier alpha value is -2.62. The maximum atomic E-state index is 12.0. The lowest BCUT2D eigenvalue weighted by Crippen LogP contribution is -2.12. The Morgan fingerprint density at radius 2 is 1.07 bits per heavy atom. The van der Waals surface area contributed by atoms with E-state index in [4.69, 9.17) is 9.47 Å². The van der Waals surface area contributed by atoms with Crippen molar-refractivity contribution < 1.29 is 19.1 Å². The van der Waals surface area contributed by atoms with E-state index >= 15 is 0 Å². The summed E-state index contributed by atoms with van der Waals surface area (Å²) >= 11 is 0. The molecule has 4 nitrogen and oxygen atoms in total. The van der Waals surface area contributed by atoms with Crippen LogP contribution in [-0.4, -0.2) is 25.2 Å². The van der Waals surface area contributed by atoms with Crippen LogP contribution in [0, 0.1) is 5.92 Å². The summed E-state index contributed by atoms with van der Waals surface area (Å²) in [6, 6.07) is 15.0. The predicted octanol–water partition coefficient (Wildman–Crippen LogP) is 5.24. The zero-order valence-corrected chi connectivity index (χ0v) is 17.1. The third-order valence-electron chi connectivity index (χ3n) is 4.88. The van der Waals surface area contributed by atoms with Gasteiger partial charge in [0.2, 0.25) is 0 Å². The van der Waals surface area contributed by atoms with Gasteiger partial charge in [-0.1, -0.05) is 45.0 Å². The van der Waals surface area contributed by atoms with Crippen LogP contribution in [0.5, 0.6) is 0 Å². The van der Waals surface area contributed by atoms with Crippen LogP contribution in [-0.2, 0) is 22.3 Å². The van der Waals surface area contributed by atoms with Gasteiger partial charge in [-0.3, -0.25) is 0 Å². The first-order valence-corrected chi connectivity index (χ1v) is 10.1. The largest absolute Gasteiger partial charge is 0.462 e. The first-order chi connectivity index (χ1) is 13.5. The molecule has 2 aromatic carbocycles. The van der Waals surface area contributed by atoms with E-state index in [1.54, 1.807) is 24.3 Å². The molecule has 2 rings (SSSR count). The summed E-state index contributed by atoms with van der Waals surface area (Å²) < 4.78 is 10.7. The van der Waals surface area contributed by atoms with Gasteiger partial charge in [0.1, 0.15) is 0 Å². The van der Waals surface area contributed by atoms with Crippen molar-refractivity contribution in [3.05, 3.63) is 70.8 Å². The first-order valence-electron chi connectivity index (χ1n) is 10.1. The molecule has 0 aliphatic carbocycles. The van der Waals surface area contributed by atoms with Crippen molar-refractivity contribution in [3.63, 3.8) is 0 Å². The van der Waals surface area contributed by atoms with Gasteiger partial charge in [-0.25, -0.2) is 9.59 Å². The quantitative estimate of drug-likeness (QED) is 0.527. The van der Waals surface area contributed by atoms with Crippen molar-refractivity contribution in [1.82, 2.24) is 0 Å². The van der Waals surface area contributed by atoms with Crippen LogP contribution in [0.2, 0.25) is 0 Å². The molecule has 0 heterocycles. The van der Waals surface area contributed by atoms with Crippen molar-refractivity contribution in [1.29, 1.82) is 0 Å². The second-order valence-electron chi connectivity index (χ2n) is 7.06. The first kappa shape index (κ1) is 21.7. The van der Waals surface area contributed by atoms with Crippen molar-refractivity contribution in [2.45, 2.75) is 46.5 Å². The minimum Gasteiger partial charge on any atom is -0.462 e. The van der Waals surface area contributed by atoms with Gasteiger partial charge in [0.05, 0.1) is 24.3 Å². The van der Waals surface area contributed by atoms with Gasteiger partial charge >= 0.3 is 11.9 Å². The molecule has 0 N–H and O–H groups in total. The second kappa shape index (κ2) is 11.3. The lowest BCUT2D eigenvalue weighted by molar-refractivity contribution is 0.0450. The minimum atomic E-state index is -0.295. The molecule has 2 aromatic rings. The zero-order chi connectivity index (χ0) is 20.4. The average Bonchev–Trinajstić information content (AvgIpc) is 2.73. The molecule has 0 aliphatic rings. The number of carbonyl (C=O) groups is 2. The molecule has 0 bridgehead atoms. The molecule has 28 heavy (non-hydrogen) atoms. The van der Waals surface area contributed by atoms with Gasteiger partial charge in [0, 0.05) is 0 Å². The highest BCUT2D eigenvalue weighted by molar-refractivity contribution is 5.89. The fraction of sp³-hybridized carbons (Fsp3) is 0.417. The summed E-state index contributed by atoms with van der Waals surface area (Å²) in [5, 5.41) is 0. The smallest absolute Gasteiger partial charge is 0.338 e. The number of hydrogen-bond acceptors (Lipinski definition) is 4. The van der Waals surface area contributed by atoms with E-state index in [9.17, 15) is 9.59 Å². The van der Waals surface area contributed by atoms with Gasteiger partial charge < -0.3 is 9.47 Å². The highest BCUT2D eigenvalue weighted by atomic mass is 16.5. The monoisotopic (exact) mass is 382 g/mol. The summed E-state index contributed by atoms with van der Waals surface area (Å²) in [5.74, 6) is -0.292. The Labute approximate surface area is 167 Å². The van der Waals surface area contributed by atoms with Crippen LogP contribution in [0.3, 0.4) is 0 Å². The van der Waals surface area contributed by atoms with E-state index in [1.165, 1.54) is 11.1 Å². The Kier molecular flexibility index (Phi) is 8.73. The summed E-state index contributed by atoms with van der Waals surface area (Å²) in [5.41, 5.74) is 3.54. The summed E-state index contributed by atoms with van der Waals surface area (Å²) in [6.45, 7) is 6.94. The predicted molar refractivity (Wildman–Crippen MR) is 111 cm³/mol. The molecule has 150 valence electrons. The standard InChI is InChI=1S/C24H30O4/c1-4-19-6-10-21(11-7-19)23(25)27-16-14-18(3)15-17-28-24(26)22-12-8-20(5-2)9-13-22/h6-13,18H,4-5,14-17H2,1-3H3. The zero-order valence-electron chi connectivity index (χ0n) is 17.1. The fourth-order valence-electron chi connectivity index (χ4n) is 2.77. The Morgan fingerprint density at radius 3 is 1.39 bits per heavy atom. The summed E-state index contributed by atoms with van der Waals surface area (Å²) in [6.07, 6.45) is 3.37. The van der Waals surface area contributed by atoms with Crippen LogP contribution < -0.4 is 0 Å². The molecule has 0 fully saturated rings. The average molecular weight is 383 g/mol. The van der Waals surface area contributed by atoms with E-state index in [0.717, 1.165) is 25.7 Å². The molecule has 0 saturated heterocycles. The Bertz CT molecular complexity index is 682. The number of esters is 2. The highest BCUT2D eigenvalue weighted by Crippen LogP contribution is 2.12. The molecular formula is C24H30O4. The van der Waals surface area contributed by atoms with E-state index < -0.39 is 0 Å². The lowest BCUT2D eigenvalue weighted by Gasteiger charge is -2.12. The molecule has 0 unspecified atom stereocenters. The fourth-order valence-corrected chi connectivity index (χ4v) is 2.77. The summed E-state index contributed by atoms with van der Waals surface area (Å²) in [7, 11) is 0. The number of rotatable bonds is 10. The van der Waals surface area contributed by atoms with E-state index in [1.807, 2.05) is 24.3 Å². The van der Waals surface area contributed by atoms with Gasteiger partial charge in [0.25, 0.3) is 0 Å². The van der Waals surface area contributed by atoms with Gasteiger partial charge in [-0.15, -0.1) is 0 Å². The third-order valence-corrected chi connectivity index (χ3v) is 4.88. The van der Waals surface area contributed by atoms with E-state index in [2.05, 4.69) is 20.8 Å². The maximum Gasteiger partial charge on any atom is 0.338 e. The third kappa shape index (κ3) is 6.84. The van der Waals surface area contributed by atoms with Crippen LogP contribution >= 0.6 is 0 Å². The topological polar surface area (TPSA) is 52.6 Å². The van der Waals surface area contributed by atoms with Crippen molar-refractivity contribution in [2.75, 3.05) is 13.2 Å². The van der Waals surface area contributed by atoms with Crippen molar-refractivity contribution in [2.24, 2.45) is 5.92 Å². The Balaban J connectivity index is 1.64. The van der Waals surface area contributed by atoms with Crippen LogP contribution in [0.15, 0.2) is 48.5 Å². The molecule has 0 saturated carbocycles. The molecule has 0 spiro atoms. The van der Waals surface area contributed by atoms with Crippen molar-refractivity contribution >= 4 is 11.9 Å². The van der Waals surface area contributed by atoms with Crippen LogP contribution in [0.4, 0.5) is 0 Å². The Morgan fingerprint density at radius 1 is 0.714 bits per heavy atom. The number of ether oxygens (including phenoxy) is 2. The van der Waals surface area contributed by atoms with Gasteiger partial charge in [-0.05, 0) is 67.0 Å². The highest BCUT2D eigenvalue weighted by Gasteiger charge is 2.11. The SMILES string of the molecule is CCc1ccc(C(=O)OCCC(C)CCOC(=O)c2ccc(CC)cc2)cc1. The molecule has 0 atom stereocenters. The lowest BCUT2D eigenvalue weighted by atomic mass is 10.1. The number of carbonyl (C=O) groups excluding carboxylic acids is 2. The molecule has 0 amide bonds. The van der Waals surface area contributed by atoms with Gasteiger partial charge in [0.15, 0.2) is 0 Å². The molecular weight excluding hydrogens is 352 g/mol. The van der Waals surface area contributed by atoms with E-state index in [-0.39, 0.29) is 11.9 Å². The number of aryl methyl sites for hydroxylation is 2. The maximum absolute atomic E-state index is 12.0. The number of hydrogen-bond donors (Lipinski definition) is 0. The van der Waals surface area contributed by atoms with Crippen LogP contribution in [0.25, 0.3) is 0 Å². The van der Waals surface area contributed by atoms with Crippen LogP contribution in [0.1, 0.15) is 65.5 Å². The molecule has 0 aliphatic heterocycles. The normalized spacial score (nSPS) is 10.7. The van der Waals surface area contributed by atoms with E-state index in [0.29, 0.717) is 30.3 Å². The van der Waals surface area contributed by atoms with Gasteiger partial charge in [-0.2, -0.15) is 0 Å². The van der Waals surface area contributed by atoms with Crippen molar-refractivity contribution in [3.8, 4) is 0 Å². The molecule has 0 radical (unpaired) electrons. The second-order valence-corrected chi connectivity index (χ2v) is 7.06. The minimum absolute atomic E-state index is 0.295. The molecule has 4 heteroatoms. The summed E-state index contributed by atoms with van der Waals surface area (Å²) in [4.78, 5) is 24.1. The molecule has 0 aromatic heterocycles. The number of benzene rings is 2.